The van der Waals surface area contributed by atoms with E-state index in [1.54, 1.807) is 7.11 Å². The number of methoxy groups -OCH3 is 1. The van der Waals surface area contributed by atoms with Crippen molar-refractivity contribution in [3.05, 3.63) is 64.1 Å². The summed E-state index contributed by atoms with van der Waals surface area (Å²) in [6.45, 7) is 0. The molecule has 2 amide bonds. The average molecular weight is 388 g/mol. The van der Waals surface area contributed by atoms with Gasteiger partial charge in [0.1, 0.15) is 5.75 Å². The van der Waals surface area contributed by atoms with Crippen molar-refractivity contribution < 1.29 is 14.3 Å². The van der Waals surface area contributed by atoms with E-state index in [0.717, 1.165) is 21.3 Å². The molecule has 0 spiro atoms. The number of halogens is 1. The topological polar surface area (TPSA) is 55.4 Å². The van der Waals surface area contributed by atoms with E-state index < -0.39 is 0 Å². The number of ether oxygens (including phenoxy) is 1. The third kappa shape index (κ3) is 3.51. The summed E-state index contributed by atoms with van der Waals surface area (Å²) in [6.07, 6.45) is 0.922. The Morgan fingerprint density at radius 3 is 2.50 bits per heavy atom. The van der Waals surface area contributed by atoms with Crippen LogP contribution in [0, 0.1) is 5.92 Å². The van der Waals surface area contributed by atoms with Gasteiger partial charge in [0.15, 0.2) is 0 Å². The zero-order valence-electron chi connectivity index (χ0n) is 13.3. The molecular formula is C19H18BrNO3. The zero-order valence-corrected chi connectivity index (χ0v) is 14.9. The fourth-order valence-corrected chi connectivity index (χ4v) is 3.61. The number of amides is 2. The molecule has 0 aromatic heterocycles. The van der Waals surface area contributed by atoms with Gasteiger partial charge < -0.3 is 4.74 Å². The van der Waals surface area contributed by atoms with Gasteiger partial charge in [0.05, 0.1) is 7.11 Å². The van der Waals surface area contributed by atoms with E-state index in [-0.39, 0.29) is 23.7 Å². The van der Waals surface area contributed by atoms with Crippen LogP contribution in [0.2, 0.25) is 0 Å². The lowest BCUT2D eigenvalue weighted by Gasteiger charge is -2.30. The van der Waals surface area contributed by atoms with Crippen molar-refractivity contribution in [1.29, 1.82) is 0 Å². The molecule has 4 nitrogen and oxygen atoms in total. The molecule has 0 bridgehead atoms. The minimum atomic E-state index is -0.273. The highest BCUT2D eigenvalue weighted by Crippen LogP contribution is 2.37. The summed E-state index contributed by atoms with van der Waals surface area (Å²) >= 11 is 3.50. The van der Waals surface area contributed by atoms with Crippen molar-refractivity contribution in [2.45, 2.75) is 18.8 Å². The number of hydrogen-bond donors (Lipinski definition) is 1. The molecule has 2 atom stereocenters. The van der Waals surface area contributed by atoms with E-state index in [4.69, 9.17) is 4.74 Å². The van der Waals surface area contributed by atoms with Gasteiger partial charge in [-0.1, -0.05) is 40.2 Å². The number of piperidine rings is 1. The second-order valence-corrected chi connectivity index (χ2v) is 6.78. The molecule has 1 N–H and O–H groups in total. The minimum Gasteiger partial charge on any atom is -0.497 e. The molecule has 0 aliphatic carbocycles. The maximum Gasteiger partial charge on any atom is 0.230 e. The Balaban J connectivity index is 2.03. The van der Waals surface area contributed by atoms with Gasteiger partial charge in [-0.15, -0.1) is 0 Å². The number of hydrogen-bond acceptors (Lipinski definition) is 3. The summed E-state index contributed by atoms with van der Waals surface area (Å²) in [5.74, 6) is -0.00654. The molecule has 1 aliphatic heterocycles. The summed E-state index contributed by atoms with van der Waals surface area (Å²) in [4.78, 5) is 23.9. The van der Waals surface area contributed by atoms with E-state index in [1.165, 1.54) is 0 Å². The molecule has 1 saturated heterocycles. The first-order valence-electron chi connectivity index (χ1n) is 7.81. The number of carbonyl (C=O) groups excluding carboxylic acids is 2. The summed E-state index contributed by atoms with van der Waals surface area (Å²) in [6, 6.07) is 15.7. The SMILES string of the molecule is COc1ccc(C(c2cccc(Br)c2)C2CCC(=O)NC2=O)cc1. The van der Waals surface area contributed by atoms with Gasteiger partial charge in [0, 0.05) is 22.7 Å². The molecule has 3 rings (SSSR count). The van der Waals surface area contributed by atoms with Gasteiger partial charge in [0.2, 0.25) is 11.8 Å². The van der Waals surface area contributed by atoms with E-state index in [1.807, 2.05) is 48.5 Å². The smallest absolute Gasteiger partial charge is 0.230 e. The maximum absolute atomic E-state index is 12.4. The lowest BCUT2D eigenvalue weighted by molar-refractivity contribution is -0.136. The predicted octanol–water partition coefficient (Wildman–Crippen LogP) is 3.64. The van der Waals surface area contributed by atoms with Crippen molar-refractivity contribution in [3.8, 4) is 5.75 Å². The highest BCUT2D eigenvalue weighted by molar-refractivity contribution is 9.10. The molecule has 5 heteroatoms. The lowest BCUT2D eigenvalue weighted by atomic mass is 9.77. The molecule has 2 unspecified atom stereocenters. The Kier molecular flexibility index (Phi) is 5.00. The number of carbonyl (C=O) groups is 2. The average Bonchev–Trinajstić information content (AvgIpc) is 2.58. The van der Waals surface area contributed by atoms with Crippen molar-refractivity contribution in [2.75, 3.05) is 7.11 Å². The first-order chi connectivity index (χ1) is 11.6. The highest BCUT2D eigenvalue weighted by atomic mass is 79.9. The molecule has 124 valence electrons. The van der Waals surface area contributed by atoms with Crippen LogP contribution in [-0.2, 0) is 9.59 Å². The third-order valence-corrected chi connectivity index (χ3v) is 4.86. The molecule has 0 saturated carbocycles. The number of benzene rings is 2. The van der Waals surface area contributed by atoms with Gasteiger partial charge in [0.25, 0.3) is 0 Å². The first-order valence-corrected chi connectivity index (χ1v) is 8.61. The summed E-state index contributed by atoms with van der Waals surface area (Å²) < 4.78 is 6.19. The van der Waals surface area contributed by atoms with Crippen LogP contribution in [0.15, 0.2) is 53.0 Å². The predicted molar refractivity (Wildman–Crippen MR) is 94.9 cm³/mol. The number of rotatable bonds is 4. The van der Waals surface area contributed by atoms with Gasteiger partial charge in [-0.05, 0) is 41.8 Å². The molecule has 1 fully saturated rings. The Bertz CT molecular complexity index is 757. The Hall–Kier alpha value is -2.14. The summed E-state index contributed by atoms with van der Waals surface area (Å²) in [7, 11) is 1.63. The quantitative estimate of drug-likeness (QED) is 0.814. The van der Waals surface area contributed by atoms with Crippen LogP contribution < -0.4 is 10.1 Å². The molecular weight excluding hydrogens is 370 g/mol. The Labute approximate surface area is 149 Å². The summed E-state index contributed by atoms with van der Waals surface area (Å²) in [5.41, 5.74) is 2.08. The van der Waals surface area contributed by atoms with Crippen LogP contribution in [0.5, 0.6) is 5.75 Å². The van der Waals surface area contributed by atoms with E-state index in [9.17, 15) is 9.59 Å². The van der Waals surface area contributed by atoms with Crippen LogP contribution in [0.3, 0.4) is 0 Å². The number of imide groups is 1. The first kappa shape index (κ1) is 16.7. The molecule has 1 heterocycles. The second kappa shape index (κ2) is 7.18. The zero-order chi connectivity index (χ0) is 17.1. The highest BCUT2D eigenvalue weighted by Gasteiger charge is 2.35. The summed E-state index contributed by atoms with van der Waals surface area (Å²) in [5, 5.41) is 2.47. The van der Waals surface area contributed by atoms with Crippen LogP contribution in [0.1, 0.15) is 29.9 Å². The van der Waals surface area contributed by atoms with Gasteiger partial charge in [-0.25, -0.2) is 0 Å². The molecule has 0 radical (unpaired) electrons. The van der Waals surface area contributed by atoms with Gasteiger partial charge in [-0.2, -0.15) is 0 Å². The molecule has 1 aliphatic rings. The van der Waals surface area contributed by atoms with Crippen molar-refractivity contribution in [2.24, 2.45) is 5.92 Å². The standard InChI is InChI=1S/C19H18BrNO3/c1-24-15-7-5-12(6-8-15)18(13-3-2-4-14(20)11-13)16-9-10-17(22)21-19(16)23/h2-8,11,16,18H,9-10H2,1H3,(H,21,22,23). The van der Waals surface area contributed by atoms with E-state index in [2.05, 4.69) is 21.2 Å². The fourth-order valence-electron chi connectivity index (χ4n) is 3.20. The molecule has 2 aromatic rings. The Morgan fingerprint density at radius 1 is 1.12 bits per heavy atom. The van der Waals surface area contributed by atoms with Crippen LogP contribution in [-0.4, -0.2) is 18.9 Å². The van der Waals surface area contributed by atoms with Crippen molar-refractivity contribution in [3.63, 3.8) is 0 Å². The largest absolute Gasteiger partial charge is 0.497 e. The van der Waals surface area contributed by atoms with Crippen molar-refractivity contribution >= 4 is 27.7 Å². The second-order valence-electron chi connectivity index (χ2n) is 5.86. The van der Waals surface area contributed by atoms with Crippen molar-refractivity contribution in [1.82, 2.24) is 5.32 Å². The Morgan fingerprint density at radius 2 is 1.88 bits per heavy atom. The lowest BCUT2D eigenvalue weighted by Crippen LogP contribution is -2.43. The molecule has 2 aromatic carbocycles. The normalized spacial score (nSPS) is 18.8. The van der Waals surface area contributed by atoms with E-state index >= 15 is 0 Å². The van der Waals surface area contributed by atoms with Gasteiger partial charge in [-0.3, -0.25) is 14.9 Å². The minimum absolute atomic E-state index is 0.110. The van der Waals surface area contributed by atoms with Crippen LogP contribution >= 0.6 is 15.9 Å². The fraction of sp³-hybridized carbons (Fsp3) is 0.263. The van der Waals surface area contributed by atoms with E-state index in [0.29, 0.717) is 12.8 Å². The monoisotopic (exact) mass is 387 g/mol. The maximum atomic E-state index is 12.4. The third-order valence-electron chi connectivity index (χ3n) is 4.37. The van der Waals surface area contributed by atoms with Gasteiger partial charge >= 0.3 is 0 Å². The molecule has 24 heavy (non-hydrogen) atoms. The van der Waals surface area contributed by atoms with Crippen LogP contribution in [0.4, 0.5) is 0 Å². The number of nitrogens with one attached hydrogen (secondary N) is 1. The van der Waals surface area contributed by atoms with Crippen LogP contribution in [0.25, 0.3) is 0 Å².